The van der Waals surface area contributed by atoms with Crippen LogP contribution in [0.15, 0.2) is 24.4 Å². The highest BCUT2D eigenvalue weighted by Gasteiger charge is 2.33. The molecule has 0 bridgehead atoms. The van der Waals surface area contributed by atoms with E-state index in [0.29, 0.717) is 30.4 Å². The first-order valence-electron chi connectivity index (χ1n) is 10.6. The van der Waals surface area contributed by atoms with Crippen molar-refractivity contribution in [3.63, 3.8) is 0 Å². The SMILES string of the molecule is C[C@H]1OCc2c1c(N)nc1cnc(C(=O)N(Cc3ccc(C(F)(F)F)nn3)CC3CC3)cc21. The highest BCUT2D eigenvalue weighted by molar-refractivity contribution is 5.97. The van der Waals surface area contributed by atoms with Crippen molar-refractivity contribution >= 4 is 22.6 Å². The number of carbonyl (C=O) groups is 1. The third kappa shape index (κ3) is 4.20. The van der Waals surface area contributed by atoms with Gasteiger partial charge in [-0.3, -0.25) is 4.79 Å². The van der Waals surface area contributed by atoms with Crippen LogP contribution in [0.3, 0.4) is 0 Å². The molecule has 2 aliphatic rings. The Morgan fingerprint density at radius 1 is 1.27 bits per heavy atom. The zero-order valence-electron chi connectivity index (χ0n) is 17.8. The van der Waals surface area contributed by atoms with E-state index in [0.717, 1.165) is 35.4 Å². The Labute approximate surface area is 187 Å². The summed E-state index contributed by atoms with van der Waals surface area (Å²) in [5.74, 6) is 0.416. The molecule has 1 fully saturated rings. The zero-order chi connectivity index (χ0) is 23.3. The minimum Gasteiger partial charge on any atom is -0.383 e. The number of nitrogen functional groups attached to an aromatic ring is 1. The molecule has 2 N–H and O–H groups in total. The number of nitrogens with two attached hydrogens (primary N) is 1. The van der Waals surface area contributed by atoms with Crippen molar-refractivity contribution in [1.29, 1.82) is 0 Å². The second-order valence-electron chi connectivity index (χ2n) is 8.47. The Kier molecular flexibility index (Phi) is 5.15. The smallest absolute Gasteiger partial charge is 0.383 e. The number of carbonyl (C=O) groups excluding carboxylic acids is 1. The van der Waals surface area contributed by atoms with Crippen molar-refractivity contribution in [2.45, 2.75) is 45.2 Å². The Bertz CT molecular complexity index is 1230. The van der Waals surface area contributed by atoms with E-state index in [9.17, 15) is 18.0 Å². The first-order valence-corrected chi connectivity index (χ1v) is 10.6. The summed E-state index contributed by atoms with van der Waals surface area (Å²) in [5, 5.41) is 7.69. The number of ether oxygens (including phenoxy) is 1. The van der Waals surface area contributed by atoms with Gasteiger partial charge < -0.3 is 15.4 Å². The lowest BCUT2D eigenvalue weighted by Gasteiger charge is -2.22. The van der Waals surface area contributed by atoms with Gasteiger partial charge in [-0.05, 0) is 49.4 Å². The Hall–Kier alpha value is -3.34. The predicted molar refractivity (Wildman–Crippen MR) is 112 cm³/mol. The molecule has 3 aromatic heterocycles. The summed E-state index contributed by atoms with van der Waals surface area (Å²) in [6, 6.07) is 3.80. The number of nitrogens with zero attached hydrogens (tertiary/aromatic N) is 5. The molecule has 8 nitrogen and oxygen atoms in total. The van der Waals surface area contributed by atoms with E-state index in [1.165, 1.54) is 12.3 Å². The van der Waals surface area contributed by atoms with Crippen molar-refractivity contribution in [2.24, 2.45) is 5.92 Å². The highest BCUT2D eigenvalue weighted by Crippen LogP contribution is 2.38. The molecule has 0 spiro atoms. The van der Waals surface area contributed by atoms with Crippen LogP contribution in [0.25, 0.3) is 10.9 Å². The fourth-order valence-electron chi connectivity index (χ4n) is 4.07. The van der Waals surface area contributed by atoms with Crippen LogP contribution in [0.1, 0.15) is 58.9 Å². The van der Waals surface area contributed by atoms with Gasteiger partial charge in [-0.2, -0.15) is 18.3 Å². The van der Waals surface area contributed by atoms with Crippen molar-refractivity contribution in [1.82, 2.24) is 25.1 Å². The van der Waals surface area contributed by atoms with E-state index in [-0.39, 0.29) is 29.9 Å². The zero-order valence-corrected chi connectivity index (χ0v) is 17.8. The number of amides is 1. The van der Waals surface area contributed by atoms with Crippen LogP contribution < -0.4 is 5.73 Å². The average molecular weight is 458 g/mol. The highest BCUT2D eigenvalue weighted by atomic mass is 19.4. The molecule has 0 aromatic carbocycles. The summed E-state index contributed by atoms with van der Waals surface area (Å²) in [7, 11) is 0. The summed E-state index contributed by atoms with van der Waals surface area (Å²) in [6.07, 6.45) is -1.24. The topological polar surface area (TPSA) is 107 Å². The van der Waals surface area contributed by atoms with Gasteiger partial charge in [0, 0.05) is 17.5 Å². The molecule has 0 radical (unpaired) electrons. The minimum absolute atomic E-state index is 0.0401. The fraction of sp³-hybridized carbons (Fsp3) is 0.409. The lowest BCUT2D eigenvalue weighted by Crippen LogP contribution is -2.33. The monoisotopic (exact) mass is 458 g/mol. The van der Waals surface area contributed by atoms with Crippen LogP contribution in [0.2, 0.25) is 0 Å². The number of hydrogen-bond donors (Lipinski definition) is 1. The van der Waals surface area contributed by atoms with E-state index >= 15 is 0 Å². The number of hydrogen-bond acceptors (Lipinski definition) is 7. The summed E-state index contributed by atoms with van der Waals surface area (Å²) < 4.78 is 44.1. The summed E-state index contributed by atoms with van der Waals surface area (Å²) in [6.45, 7) is 2.77. The van der Waals surface area contributed by atoms with Gasteiger partial charge in [-0.1, -0.05) is 0 Å². The van der Waals surface area contributed by atoms with Gasteiger partial charge in [-0.25, -0.2) is 9.97 Å². The number of fused-ring (bicyclic) bond motifs is 3. The van der Waals surface area contributed by atoms with Crippen molar-refractivity contribution in [3.05, 3.63) is 52.6 Å². The Balaban J connectivity index is 1.45. The fourth-order valence-corrected chi connectivity index (χ4v) is 4.07. The number of anilines is 1. The van der Waals surface area contributed by atoms with Gasteiger partial charge in [0.25, 0.3) is 5.91 Å². The van der Waals surface area contributed by atoms with Crippen molar-refractivity contribution in [2.75, 3.05) is 12.3 Å². The lowest BCUT2D eigenvalue weighted by atomic mass is 10.0. The van der Waals surface area contributed by atoms with Crippen LogP contribution in [0, 0.1) is 5.92 Å². The van der Waals surface area contributed by atoms with Gasteiger partial charge in [0.2, 0.25) is 0 Å². The van der Waals surface area contributed by atoms with Gasteiger partial charge in [0.15, 0.2) is 5.69 Å². The first-order chi connectivity index (χ1) is 15.7. The maximum Gasteiger partial charge on any atom is 0.435 e. The molecule has 172 valence electrons. The average Bonchev–Trinajstić information content (AvgIpc) is 3.51. The number of rotatable bonds is 5. The van der Waals surface area contributed by atoms with Crippen LogP contribution >= 0.6 is 0 Å². The van der Waals surface area contributed by atoms with Crippen molar-refractivity contribution < 1.29 is 22.7 Å². The van der Waals surface area contributed by atoms with E-state index in [4.69, 9.17) is 10.5 Å². The third-order valence-electron chi connectivity index (χ3n) is 5.98. The maximum atomic E-state index is 13.4. The molecule has 1 aliphatic carbocycles. The van der Waals surface area contributed by atoms with Crippen LogP contribution in [-0.2, 0) is 24.1 Å². The molecule has 4 heterocycles. The molecular weight excluding hydrogens is 437 g/mol. The number of pyridine rings is 2. The molecule has 33 heavy (non-hydrogen) atoms. The van der Waals surface area contributed by atoms with Crippen LogP contribution in [0.5, 0.6) is 0 Å². The van der Waals surface area contributed by atoms with Gasteiger partial charge in [0.05, 0.1) is 36.7 Å². The van der Waals surface area contributed by atoms with Crippen molar-refractivity contribution in [3.8, 4) is 0 Å². The molecule has 1 saturated carbocycles. The molecule has 3 aromatic rings. The summed E-state index contributed by atoms with van der Waals surface area (Å²) in [4.78, 5) is 23.6. The molecular formula is C22H21F3N6O2. The van der Waals surface area contributed by atoms with Gasteiger partial charge in [0.1, 0.15) is 11.5 Å². The standard InChI is InChI=1S/C22H21F3N6O2/c1-11-19-15(10-33-11)14-6-16(27-7-17(14)28-20(19)26)21(32)31(8-12-2-3-12)9-13-4-5-18(30-29-13)22(23,24)25/h4-7,11-12H,2-3,8-10H2,1H3,(H2,26,28)/t11-/m1/s1. The second kappa shape index (κ2) is 7.91. The molecule has 1 atom stereocenters. The molecule has 5 rings (SSSR count). The van der Waals surface area contributed by atoms with E-state index in [1.807, 2.05) is 6.92 Å². The largest absolute Gasteiger partial charge is 0.435 e. The summed E-state index contributed by atoms with van der Waals surface area (Å²) >= 11 is 0. The molecule has 0 unspecified atom stereocenters. The van der Waals surface area contributed by atoms with Gasteiger partial charge in [-0.15, -0.1) is 5.10 Å². The number of alkyl halides is 3. The first kappa shape index (κ1) is 21.5. The van der Waals surface area contributed by atoms with Gasteiger partial charge >= 0.3 is 6.18 Å². The van der Waals surface area contributed by atoms with Crippen LogP contribution in [-0.4, -0.2) is 37.5 Å². The van der Waals surface area contributed by atoms with E-state index < -0.39 is 11.9 Å². The molecule has 11 heteroatoms. The lowest BCUT2D eigenvalue weighted by molar-refractivity contribution is -0.141. The predicted octanol–water partition coefficient (Wildman–Crippen LogP) is 3.66. The Morgan fingerprint density at radius 2 is 2.06 bits per heavy atom. The molecule has 1 aliphatic heterocycles. The quantitative estimate of drug-likeness (QED) is 0.622. The summed E-state index contributed by atoms with van der Waals surface area (Å²) in [5.41, 5.74) is 7.79. The van der Waals surface area contributed by atoms with Crippen LogP contribution in [0.4, 0.5) is 19.0 Å². The Morgan fingerprint density at radius 3 is 2.73 bits per heavy atom. The number of aromatic nitrogens is 4. The molecule has 0 saturated heterocycles. The van der Waals surface area contributed by atoms with E-state index in [1.54, 1.807) is 11.0 Å². The second-order valence-corrected chi connectivity index (χ2v) is 8.47. The van der Waals surface area contributed by atoms with E-state index in [2.05, 4.69) is 20.2 Å². The number of halogens is 3. The maximum absolute atomic E-state index is 13.4. The minimum atomic E-state index is -4.57. The third-order valence-corrected chi connectivity index (χ3v) is 5.98. The normalized spacial score (nSPS) is 17.9. The molecule has 1 amide bonds.